The van der Waals surface area contributed by atoms with Gasteiger partial charge in [0.1, 0.15) is 0 Å². The van der Waals surface area contributed by atoms with Crippen molar-refractivity contribution in [2.75, 3.05) is 0 Å². The topological polar surface area (TPSA) is 146 Å². The molecule has 11 heteroatoms. The van der Waals surface area contributed by atoms with Gasteiger partial charge in [-0.1, -0.05) is 32.1 Å². The first kappa shape index (κ1) is 30.9. The molecule has 0 spiro atoms. The van der Waals surface area contributed by atoms with Crippen LogP contribution in [-0.4, -0.2) is 79.8 Å². The molecule has 0 bridgehead atoms. The van der Waals surface area contributed by atoms with Crippen LogP contribution in [-0.2, 0) is 0 Å². The second-order valence-corrected chi connectivity index (χ2v) is 14.8. The van der Waals surface area contributed by atoms with Gasteiger partial charge in [-0.25, -0.2) is 0 Å². The Bertz CT molecular complexity index is 2340. The molecular formula is C41H31N3O8. The number of benzene rings is 4. The lowest BCUT2D eigenvalue weighted by atomic mass is 9.79. The minimum absolute atomic E-state index is 0.180. The zero-order valence-corrected chi connectivity index (χ0v) is 28.0. The van der Waals surface area contributed by atoms with Gasteiger partial charge in [-0.15, -0.1) is 0 Å². The maximum atomic E-state index is 14.5. The van der Waals surface area contributed by atoms with Crippen LogP contribution in [0.2, 0.25) is 0 Å². The van der Waals surface area contributed by atoms with E-state index < -0.39 is 47.5 Å². The SMILES string of the molecule is O=C1CC(=O)c2ccc3c4c(ccc1c24)C(=O)N([C@H]1CCCC[C@@H]1N1C(=O)c2ccc4c5c(ccc(c25)C1=O)C(=O)N(C1CCCCC1)C4=O)C3=O. The predicted molar refractivity (Wildman–Crippen MR) is 186 cm³/mol. The molecule has 4 aromatic carbocycles. The molecule has 2 atom stereocenters. The van der Waals surface area contributed by atoms with Crippen LogP contribution in [0.5, 0.6) is 0 Å². The Balaban J connectivity index is 1.05. The molecule has 0 N–H and O–H groups in total. The highest BCUT2D eigenvalue weighted by Crippen LogP contribution is 2.44. The van der Waals surface area contributed by atoms with Crippen molar-refractivity contribution in [2.45, 2.75) is 82.3 Å². The molecule has 2 fully saturated rings. The van der Waals surface area contributed by atoms with Gasteiger partial charge < -0.3 is 0 Å². The lowest BCUT2D eigenvalue weighted by Gasteiger charge is -2.45. The summed E-state index contributed by atoms with van der Waals surface area (Å²) < 4.78 is 0. The van der Waals surface area contributed by atoms with E-state index in [1.165, 1.54) is 29.2 Å². The summed E-state index contributed by atoms with van der Waals surface area (Å²) in [6.45, 7) is 0. The highest BCUT2D eigenvalue weighted by atomic mass is 16.2. The van der Waals surface area contributed by atoms with Crippen LogP contribution in [0.4, 0.5) is 0 Å². The summed E-state index contributed by atoms with van der Waals surface area (Å²) in [5, 5.41) is 1.18. The smallest absolute Gasteiger partial charge is 0.261 e. The molecule has 0 aromatic heterocycles. The highest BCUT2D eigenvalue weighted by Gasteiger charge is 2.49. The third-order valence-electron chi connectivity index (χ3n) is 12.2. The fourth-order valence-electron chi connectivity index (χ4n) is 9.88. The number of rotatable bonds is 3. The first-order valence-electron chi connectivity index (χ1n) is 18.1. The van der Waals surface area contributed by atoms with Crippen molar-refractivity contribution in [1.29, 1.82) is 0 Å². The van der Waals surface area contributed by atoms with Crippen LogP contribution >= 0.6 is 0 Å². The number of carbonyl (C=O) groups is 8. The van der Waals surface area contributed by atoms with E-state index >= 15 is 0 Å². The first-order chi connectivity index (χ1) is 25.2. The summed E-state index contributed by atoms with van der Waals surface area (Å²) in [6.07, 6.45) is 6.14. The quantitative estimate of drug-likeness (QED) is 0.191. The zero-order valence-electron chi connectivity index (χ0n) is 28.0. The number of hydrogen-bond acceptors (Lipinski definition) is 8. The molecule has 4 aromatic rings. The van der Waals surface area contributed by atoms with E-state index in [1.807, 2.05) is 0 Å². The summed E-state index contributed by atoms with van der Waals surface area (Å²) in [5.41, 5.74) is 1.90. The summed E-state index contributed by atoms with van der Waals surface area (Å²) in [6, 6.07) is 10.4. The third-order valence-corrected chi connectivity index (χ3v) is 12.2. The van der Waals surface area contributed by atoms with Crippen LogP contribution in [0.3, 0.4) is 0 Å². The minimum atomic E-state index is -0.847. The van der Waals surface area contributed by atoms with Crippen molar-refractivity contribution < 1.29 is 38.4 Å². The number of carbonyl (C=O) groups excluding carboxylic acids is 8. The van der Waals surface area contributed by atoms with E-state index in [1.54, 1.807) is 24.3 Å². The molecular weight excluding hydrogens is 662 g/mol. The first-order valence-corrected chi connectivity index (χ1v) is 18.1. The zero-order chi connectivity index (χ0) is 35.7. The van der Waals surface area contributed by atoms with E-state index in [2.05, 4.69) is 0 Å². The number of Topliss-reactive ketones (excluding diaryl/α,β-unsaturated/α-hetero) is 2. The third kappa shape index (κ3) is 3.90. The Labute approximate surface area is 296 Å². The molecule has 0 radical (unpaired) electrons. The molecule has 3 heterocycles. The molecule has 3 aliphatic carbocycles. The van der Waals surface area contributed by atoms with Crippen molar-refractivity contribution in [2.24, 2.45) is 0 Å². The highest BCUT2D eigenvalue weighted by molar-refractivity contribution is 6.35. The number of amides is 6. The molecule has 6 aliphatic rings. The normalized spacial score (nSPS) is 23.1. The van der Waals surface area contributed by atoms with E-state index in [0.29, 0.717) is 47.6 Å². The van der Waals surface area contributed by atoms with Crippen molar-refractivity contribution in [1.82, 2.24) is 14.7 Å². The number of nitrogens with zero attached hydrogens (tertiary/aromatic N) is 3. The Morgan fingerprint density at radius 3 is 1.00 bits per heavy atom. The number of hydrogen-bond donors (Lipinski definition) is 0. The van der Waals surface area contributed by atoms with Crippen LogP contribution in [0.1, 0.15) is 147 Å². The molecule has 11 nitrogen and oxygen atoms in total. The average molecular weight is 694 g/mol. The Morgan fingerprint density at radius 2 is 0.635 bits per heavy atom. The predicted octanol–water partition coefficient (Wildman–Crippen LogP) is 5.89. The second kappa shape index (κ2) is 10.8. The van der Waals surface area contributed by atoms with Crippen molar-refractivity contribution in [3.63, 3.8) is 0 Å². The van der Waals surface area contributed by atoms with Crippen molar-refractivity contribution in [3.8, 4) is 0 Å². The minimum Gasteiger partial charge on any atom is -0.294 e. The Hall–Kier alpha value is -5.84. The molecule has 3 aliphatic heterocycles. The second-order valence-electron chi connectivity index (χ2n) is 14.8. The number of imide groups is 3. The van der Waals surface area contributed by atoms with Gasteiger partial charge >= 0.3 is 0 Å². The Kier molecular flexibility index (Phi) is 6.45. The molecule has 258 valence electrons. The average Bonchev–Trinajstić information content (AvgIpc) is 3.15. The van der Waals surface area contributed by atoms with Gasteiger partial charge in [0, 0.05) is 72.1 Å². The van der Waals surface area contributed by atoms with Crippen LogP contribution in [0, 0.1) is 0 Å². The van der Waals surface area contributed by atoms with Gasteiger partial charge in [-0.05, 0) is 74.2 Å². The molecule has 2 saturated carbocycles. The summed E-state index contributed by atoms with van der Waals surface area (Å²) in [4.78, 5) is 115. The molecule has 0 unspecified atom stereocenters. The summed E-state index contributed by atoms with van der Waals surface area (Å²) in [7, 11) is 0. The summed E-state index contributed by atoms with van der Waals surface area (Å²) >= 11 is 0. The van der Waals surface area contributed by atoms with Crippen LogP contribution < -0.4 is 0 Å². The molecule has 6 amide bonds. The molecule has 52 heavy (non-hydrogen) atoms. The number of ketones is 2. The summed E-state index contributed by atoms with van der Waals surface area (Å²) in [5.74, 6) is -4.01. The van der Waals surface area contributed by atoms with Gasteiger partial charge in [0.15, 0.2) is 11.6 Å². The van der Waals surface area contributed by atoms with Crippen molar-refractivity contribution in [3.05, 3.63) is 93.0 Å². The van der Waals surface area contributed by atoms with Gasteiger partial charge in [-0.2, -0.15) is 0 Å². The van der Waals surface area contributed by atoms with Gasteiger partial charge in [0.2, 0.25) is 0 Å². The van der Waals surface area contributed by atoms with Gasteiger partial charge in [-0.3, -0.25) is 53.1 Å². The largest absolute Gasteiger partial charge is 0.294 e. The lowest BCUT2D eigenvalue weighted by Crippen LogP contribution is -2.61. The maximum Gasteiger partial charge on any atom is 0.261 e. The maximum absolute atomic E-state index is 14.5. The van der Waals surface area contributed by atoms with E-state index in [9.17, 15) is 38.4 Å². The lowest BCUT2D eigenvalue weighted by molar-refractivity contribution is 0.0241. The van der Waals surface area contributed by atoms with E-state index in [0.717, 1.165) is 41.9 Å². The van der Waals surface area contributed by atoms with E-state index in [4.69, 9.17) is 0 Å². The fourth-order valence-corrected chi connectivity index (χ4v) is 9.88. The Morgan fingerprint density at radius 1 is 0.346 bits per heavy atom. The van der Waals surface area contributed by atoms with Crippen LogP contribution in [0.15, 0.2) is 48.5 Å². The molecule has 0 saturated heterocycles. The van der Waals surface area contributed by atoms with Gasteiger partial charge in [0.25, 0.3) is 35.4 Å². The fraction of sp³-hybridized carbons (Fsp3) is 0.317. The van der Waals surface area contributed by atoms with Crippen LogP contribution in [0.25, 0.3) is 21.5 Å². The van der Waals surface area contributed by atoms with Crippen molar-refractivity contribution >= 4 is 68.6 Å². The van der Waals surface area contributed by atoms with Gasteiger partial charge in [0.05, 0.1) is 18.5 Å². The van der Waals surface area contributed by atoms with E-state index in [-0.39, 0.29) is 68.2 Å². The molecule has 10 rings (SSSR count). The monoisotopic (exact) mass is 693 g/mol. The standard InChI is InChI=1S/C41H31N3O8/c45-30-18-31(46)21-11-13-25-33-24(12-10-20(30)32(21)33)38(49)43(39(25)50)28-8-4-5-9-29(28)44-40(51)26-16-14-22-34-23(15-17-27(35(26)34)41(44)52)37(48)42(36(22)47)19-6-2-1-3-7-19/h10-17,19,28-29H,1-9,18H2/t28-,29-/m0/s1.